The van der Waals surface area contributed by atoms with Gasteiger partial charge in [0, 0.05) is 37.0 Å². The number of carbonyl (C=O) groups is 1. The van der Waals surface area contributed by atoms with Gasteiger partial charge in [-0.1, -0.05) is 49.3 Å². The van der Waals surface area contributed by atoms with E-state index in [1.165, 1.54) is 11.8 Å². The molecule has 0 bridgehead atoms. The van der Waals surface area contributed by atoms with Crippen LogP contribution in [0.4, 0.5) is 0 Å². The van der Waals surface area contributed by atoms with Crippen LogP contribution in [0.2, 0.25) is 5.02 Å². The molecule has 3 rings (SSSR count). The van der Waals surface area contributed by atoms with Crippen LogP contribution in [-0.2, 0) is 12.3 Å². The fourth-order valence-corrected chi connectivity index (χ4v) is 4.17. The number of amides is 1. The highest BCUT2D eigenvalue weighted by molar-refractivity contribution is 7.98. The van der Waals surface area contributed by atoms with Crippen LogP contribution in [0.25, 0.3) is 10.9 Å². The number of hydrogen-bond acceptors (Lipinski definition) is 4. The van der Waals surface area contributed by atoms with E-state index in [4.69, 9.17) is 16.6 Å². The fourth-order valence-electron chi connectivity index (χ4n) is 3.02. The van der Waals surface area contributed by atoms with Gasteiger partial charge < -0.3 is 4.90 Å². The van der Waals surface area contributed by atoms with Gasteiger partial charge in [-0.25, -0.2) is 4.98 Å². The zero-order chi connectivity index (χ0) is 21.8. The molecule has 1 aromatic heterocycles. The summed E-state index contributed by atoms with van der Waals surface area (Å²) in [6, 6.07) is 12.7. The highest BCUT2D eigenvalue weighted by Crippen LogP contribution is 2.24. The Morgan fingerprint density at radius 3 is 2.50 bits per heavy atom. The average Bonchev–Trinajstić information content (AvgIpc) is 2.71. The van der Waals surface area contributed by atoms with Crippen LogP contribution in [0.1, 0.15) is 36.2 Å². The average molecular weight is 444 g/mol. The van der Waals surface area contributed by atoms with Crippen LogP contribution < -0.4 is 5.56 Å². The Morgan fingerprint density at radius 1 is 1.17 bits per heavy atom. The first-order valence-electron chi connectivity index (χ1n) is 9.89. The molecule has 0 fully saturated rings. The number of benzene rings is 2. The Bertz CT molecular complexity index is 1110. The summed E-state index contributed by atoms with van der Waals surface area (Å²) in [5.74, 6) is 1.11. The van der Waals surface area contributed by atoms with Crippen molar-refractivity contribution in [2.24, 2.45) is 5.92 Å². The molecule has 0 saturated heterocycles. The van der Waals surface area contributed by atoms with Crippen molar-refractivity contribution in [3.8, 4) is 0 Å². The lowest BCUT2D eigenvalue weighted by molar-refractivity contribution is 0.0827. The van der Waals surface area contributed by atoms with Gasteiger partial charge in [-0.3, -0.25) is 14.2 Å². The molecule has 0 saturated carbocycles. The van der Waals surface area contributed by atoms with Crippen LogP contribution >= 0.6 is 23.4 Å². The molecule has 2 aromatic carbocycles. The first kappa shape index (κ1) is 22.4. The lowest BCUT2D eigenvalue weighted by Crippen LogP contribution is -2.24. The van der Waals surface area contributed by atoms with Gasteiger partial charge >= 0.3 is 0 Å². The van der Waals surface area contributed by atoms with E-state index in [-0.39, 0.29) is 11.5 Å². The molecule has 0 spiro atoms. The molecule has 7 heteroatoms. The third kappa shape index (κ3) is 5.24. The van der Waals surface area contributed by atoms with Crippen LogP contribution in [0.3, 0.4) is 0 Å². The highest BCUT2D eigenvalue weighted by atomic mass is 35.5. The summed E-state index contributed by atoms with van der Waals surface area (Å²) in [6.07, 6.45) is 0.898. The first-order valence-corrected chi connectivity index (χ1v) is 11.3. The van der Waals surface area contributed by atoms with E-state index >= 15 is 0 Å². The van der Waals surface area contributed by atoms with Crippen molar-refractivity contribution in [3.05, 3.63) is 69.0 Å². The number of thioether (sulfide) groups is 1. The molecule has 0 radical (unpaired) electrons. The van der Waals surface area contributed by atoms with Gasteiger partial charge in [0.1, 0.15) is 0 Å². The van der Waals surface area contributed by atoms with E-state index in [0.29, 0.717) is 44.9 Å². The summed E-state index contributed by atoms with van der Waals surface area (Å²) in [7, 11) is 3.47. The zero-order valence-electron chi connectivity index (χ0n) is 17.7. The van der Waals surface area contributed by atoms with Gasteiger partial charge in [0.2, 0.25) is 0 Å². The molecule has 1 amide bonds. The van der Waals surface area contributed by atoms with Crippen molar-refractivity contribution >= 4 is 40.2 Å². The van der Waals surface area contributed by atoms with Crippen LogP contribution in [0.15, 0.2) is 52.4 Å². The number of fused-ring (bicyclic) bond motifs is 1. The third-order valence-corrected chi connectivity index (χ3v) is 6.07. The van der Waals surface area contributed by atoms with Crippen LogP contribution in [-0.4, -0.2) is 34.5 Å². The maximum absolute atomic E-state index is 13.1. The van der Waals surface area contributed by atoms with E-state index < -0.39 is 0 Å². The molecule has 0 N–H and O–H groups in total. The van der Waals surface area contributed by atoms with Gasteiger partial charge in [0.25, 0.3) is 11.5 Å². The van der Waals surface area contributed by atoms with Crippen molar-refractivity contribution < 1.29 is 4.79 Å². The second-order valence-electron chi connectivity index (χ2n) is 7.88. The molecule has 0 atom stereocenters. The normalized spacial score (nSPS) is 11.3. The molecule has 0 aliphatic heterocycles. The van der Waals surface area contributed by atoms with Gasteiger partial charge in [-0.2, -0.15) is 0 Å². The Balaban J connectivity index is 1.89. The predicted octanol–water partition coefficient (Wildman–Crippen LogP) is 5.09. The SMILES string of the molecule is CC(C)CCn1c(SCc2ccc(C(=O)N(C)C)cc2)nc2cc(Cl)ccc2c1=O. The monoisotopic (exact) mass is 443 g/mol. The predicted molar refractivity (Wildman–Crippen MR) is 124 cm³/mol. The summed E-state index contributed by atoms with van der Waals surface area (Å²) >= 11 is 7.64. The quantitative estimate of drug-likeness (QED) is 0.377. The molecule has 0 aliphatic rings. The summed E-state index contributed by atoms with van der Waals surface area (Å²) in [4.78, 5) is 31.4. The number of halogens is 1. The summed E-state index contributed by atoms with van der Waals surface area (Å²) in [5, 5.41) is 1.83. The maximum atomic E-state index is 13.1. The molecular formula is C23H26ClN3O2S. The first-order chi connectivity index (χ1) is 14.3. The van der Waals surface area contributed by atoms with Gasteiger partial charge in [-0.05, 0) is 48.2 Å². The Labute approximate surface area is 186 Å². The van der Waals surface area contributed by atoms with E-state index in [2.05, 4.69) is 13.8 Å². The van der Waals surface area contributed by atoms with Gasteiger partial charge in [0.05, 0.1) is 10.9 Å². The molecule has 0 unspecified atom stereocenters. The maximum Gasteiger partial charge on any atom is 0.262 e. The molecule has 1 heterocycles. The van der Waals surface area contributed by atoms with Crippen molar-refractivity contribution in [1.29, 1.82) is 0 Å². The molecule has 158 valence electrons. The van der Waals surface area contributed by atoms with Gasteiger partial charge in [-0.15, -0.1) is 0 Å². The zero-order valence-corrected chi connectivity index (χ0v) is 19.3. The Kier molecular flexibility index (Phi) is 7.21. The second-order valence-corrected chi connectivity index (χ2v) is 9.26. The minimum atomic E-state index is -0.0354. The van der Waals surface area contributed by atoms with E-state index in [1.54, 1.807) is 41.8 Å². The number of aromatic nitrogens is 2. The molecular weight excluding hydrogens is 418 g/mol. The van der Waals surface area contributed by atoms with E-state index in [0.717, 1.165) is 12.0 Å². The van der Waals surface area contributed by atoms with E-state index in [9.17, 15) is 9.59 Å². The Morgan fingerprint density at radius 2 is 1.87 bits per heavy atom. The summed E-state index contributed by atoms with van der Waals surface area (Å²) in [5.41, 5.74) is 2.29. The van der Waals surface area contributed by atoms with Crippen molar-refractivity contribution in [3.63, 3.8) is 0 Å². The molecule has 5 nitrogen and oxygen atoms in total. The van der Waals surface area contributed by atoms with Crippen molar-refractivity contribution in [2.75, 3.05) is 14.1 Å². The second kappa shape index (κ2) is 9.67. The summed E-state index contributed by atoms with van der Waals surface area (Å²) < 4.78 is 1.77. The smallest absolute Gasteiger partial charge is 0.262 e. The number of nitrogens with zero attached hydrogens (tertiary/aromatic N) is 3. The highest BCUT2D eigenvalue weighted by Gasteiger charge is 2.13. The number of hydrogen-bond donors (Lipinski definition) is 0. The minimum Gasteiger partial charge on any atom is -0.345 e. The number of carbonyl (C=O) groups excluding carboxylic acids is 1. The molecule has 0 aliphatic carbocycles. The third-order valence-electron chi connectivity index (χ3n) is 4.79. The lowest BCUT2D eigenvalue weighted by Gasteiger charge is -2.14. The summed E-state index contributed by atoms with van der Waals surface area (Å²) in [6.45, 7) is 4.91. The van der Waals surface area contributed by atoms with Crippen molar-refractivity contribution in [2.45, 2.75) is 37.7 Å². The fraction of sp³-hybridized carbons (Fsp3) is 0.348. The molecule has 3 aromatic rings. The standard InChI is InChI=1S/C23H26ClN3O2S/c1-15(2)11-12-27-22(29)19-10-9-18(24)13-20(19)25-23(27)30-14-16-5-7-17(8-6-16)21(28)26(3)4/h5-10,13,15H,11-12,14H2,1-4H3. The minimum absolute atomic E-state index is 0.0233. The van der Waals surface area contributed by atoms with Crippen LogP contribution in [0.5, 0.6) is 0 Å². The van der Waals surface area contributed by atoms with Crippen molar-refractivity contribution in [1.82, 2.24) is 14.5 Å². The van der Waals surface area contributed by atoms with E-state index in [1.807, 2.05) is 24.3 Å². The molecule has 30 heavy (non-hydrogen) atoms. The largest absolute Gasteiger partial charge is 0.345 e. The topological polar surface area (TPSA) is 55.2 Å². The van der Waals surface area contributed by atoms with Gasteiger partial charge in [0.15, 0.2) is 5.16 Å². The van der Waals surface area contributed by atoms with Crippen LogP contribution in [0, 0.1) is 5.92 Å². The number of rotatable bonds is 7. The lowest BCUT2D eigenvalue weighted by atomic mass is 10.1. The Hall–Kier alpha value is -2.31.